The fourth-order valence-corrected chi connectivity index (χ4v) is 5.58. The van der Waals surface area contributed by atoms with E-state index in [0.717, 1.165) is 22.2 Å². The van der Waals surface area contributed by atoms with Gasteiger partial charge in [0.25, 0.3) is 5.78 Å². The molecule has 5 rings (SSSR count). The van der Waals surface area contributed by atoms with Gasteiger partial charge in [-0.2, -0.15) is 0 Å². The number of aryl methyl sites for hydroxylation is 1. The second kappa shape index (κ2) is 10.1. The molecule has 0 bridgehead atoms. The Labute approximate surface area is 218 Å². The molecule has 0 spiro atoms. The van der Waals surface area contributed by atoms with Gasteiger partial charge >= 0.3 is 5.91 Å². The van der Waals surface area contributed by atoms with Gasteiger partial charge < -0.3 is 14.6 Å². The fraction of sp³-hybridized carbons (Fsp3) is 0.207. The number of hydrogen-bond donors (Lipinski definition) is 1. The highest BCUT2D eigenvalue weighted by atomic mass is 32.1. The lowest BCUT2D eigenvalue weighted by Crippen LogP contribution is -2.29. The highest BCUT2D eigenvalue weighted by molar-refractivity contribution is 7.22. The molecule has 0 aliphatic carbocycles. The van der Waals surface area contributed by atoms with Gasteiger partial charge in [0.1, 0.15) is 23.3 Å². The van der Waals surface area contributed by atoms with E-state index in [2.05, 4.69) is 6.92 Å². The van der Waals surface area contributed by atoms with Crippen LogP contribution in [-0.2, 0) is 16.0 Å². The van der Waals surface area contributed by atoms with Crippen molar-refractivity contribution in [2.75, 3.05) is 18.6 Å². The van der Waals surface area contributed by atoms with Crippen LogP contribution in [0.1, 0.15) is 36.6 Å². The van der Waals surface area contributed by atoms with Gasteiger partial charge in [0, 0.05) is 11.1 Å². The topological polar surface area (TPSA) is 89.0 Å². The molecular weight excluding hydrogens is 488 g/mol. The summed E-state index contributed by atoms with van der Waals surface area (Å²) in [5, 5.41) is 11.8. The van der Waals surface area contributed by atoms with Gasteiger partial charge in [-0.15, -0.1) is 0 Å². The van der Waals surface area contributed by atoms with Crippen molar-refractivity contribution in [1.29, 1.82) is 0 Å². The minimum absolute atomic E-state index is 0.0211. The average molecular weight is 515 g/mol. The molecule has 1 amide bonds. The summed E-state index contributed by atoms with van der Waals surface area (Å²) in [5.74, 6) is -0.670. The summed E-state index contributed by atoms with van der Waals surface area (Å²) in [4.78, 5) is 33.1. The number of amides is 1. The fourth-order valence-electron chi connectivity index (χ4n) is 4.53. The Bertz CT molecular complexity index is 1520. The number of fused-ring (bicyclic) bond motifs is 1. The predicted molar refractivity (Wildman–Crippen MR) is 144 cm³/mol. The molecular formula is C29H26N2O5S. The number of ketones is 1. The summed E-state index contributed by atoms with van der Waals surface area (Å²) in [6.07, 6.45) is 0.872. The average Bonchev–Trinajstić information content (AvgIpc) is 3.46. The standard InChI is InChI=1S/C29H26N2O5S/c1-4-17-10-15-21-23(16-17)37-29(30-21)31-25(20-8-6-7-9-22(20)35-3)24(27(33)28(31)34)26(32)18-11-13-19(14-12-18)36-5-2/h6-16,25,32H,4-5H2,1-3H3/b26-24+. The van der Waals surface area contributed by atoms with Gasteiger partial charge in [0.15, 0.2) is 5.13 Å². The number of aliphatic hydroxyl groups is 1. The van der Waals surface area contributed by atoms with E-state index in [-0.39, 0.29) is 11.3 Å². The SMILES string of the molecule is CCOc1ccc(/C(O)=C2\C(=O)C(=O)N(c3nc4ccc(CC)cc4s3)C2c2ccccc2OC)cc1. The molecule has 1 aliphatic heterocycles. The van der Waals surface area contributed by atoms with Crippen LogP contribution < -0.4 is 14.4 Å². The van der Waals surface area contributed by atoms with Crippen LogP contribution in [0.15, 0.2) is 72.3 Å². The summed E-state index contributed by atoms with van der Waals surface area (Å²) in [7, 11) is 1.53. The van der Waals surface area contributed by atoms with E-state index in [1.807, 2.05) is 31.2 Å². The van der Waals surface area contributed by atoms with Crippen LogP contribution in [-0.4, -0.2) is 35.5 Å². The Hall–Kier alpha value is -4.17. The van der Waals surface area contributed by atoms with Crippen molar-refractivity contribution in [1.82, 2.24) is 4.98 Å². The number of carbonyl (C=O) groups is 2. The highest BCUT2D eigenvalue weighted by Crippen LogP contribution is 2.46. The van der Waals surface area contributed by atoms with Crippen LogP contribution in [0, 0.1) is 0 Å². The Morgan fingerprint density at radius 2 is 1.81 bits per heavy atom. The largest absolute Gasteiger partial charge is 0.507 e. The van der Waals surface area contributed by atoms with E-state index < -0.39 is 17.7 Å². The molecule has 8 heteroatoms. The molecule has 1 aromatic heterocycles. The lowest BCUT2D eigenvalue weighted by molar-refractivity contribution is -0.132. The van der Waals surface area contributed by atoms with Gasteiger partial charge in [0.2, 0.25) is 0 Å². The van der Waals surface area contributed by atoms with Crippen molar-refractivity contribution in [3.63, 3.8) is 0 Å². The van der Waals surface area contributed by atoms with E-state index in [4.69, 9.17) is 14.5 Å². The molecule has 2 heterocycles. The maximum Gasteiger partial charge on any atom is 0.301 e. The van der Waals surface area contributed by atoms with E-state index in [1.54, 1.807) is 42.5 Å². The van der Waals surface area contributed by atoms with Gasteiger partial charge in [-0.25, -0.2) is 4.98 Å². The van der Waals surface area contributed by atoms with Crippen LogP contribution in [0.2, 0.25) is 0 Å². The third-order valence-electron chi connectivity index (χ3n) is 6.37. The maximum absolute atomic E-state index is 13.5. The van der Waals surface area contributed by atoms with Crippen molar-refractivity contribution in [3.05, 3.63) is 89.0 Å². The molecule has 0 saturated carbocycles. The summed E-state index contributed by atoms with van der Waals surface area (Å²) < 4.78 is 12.0. The molecule has 1 saturated heterocycles. The number of Topliss-reactive ketones (excluding diaryl/α,β-unsaturated/α-hetero) is 1. The summed E-state index contributed by atoms with van der Waals surface area (Å²) in [5.41, 5.74) is 2.85. The predicted octanol–water partition coefficient (Wildman–Crippen LogP) is 5.89. The van der Waals surface area contributed by atoms with Crippen molar-refractivity contribution >= 4 is 44.1 Å². The normalized spacial score (nSPS) is 16.9. The van der Waals surface area contributed by atoms with Crippen molar-refractivity contribution < 1.29 is 24.2 Å². The van der Waals surface area contributed by atoms with Crippen LogP contribution >= 0.6 is 11.3 Å². The van der Waals surface area contributed by atoms with Crippen molar-refractivity contribution in [2.45, 2.75) is 26.3 Å². The quantitative estimate of drug-likeness (QED) is 0.188. The monoisotopic (exact) mass is 514 g/mol. The van der Waals surface area contributed by atoms with Gasteiger partial charge in [-0.1, -0.05) is 42.5 Å². The zero-order chi connectivity index (χ0) is 26.1. The smallest absolute Gasteiger partial charge is 0.301 e. The molecule has 1 unspecified atom stereocenters. The summed E-state index contributed by atoms with van der Waals surface area (Å²) >= 11 is 1.34. The number of thiazole rings is 1. The molecule has 3 aromatic carbocycles. The number of rotatable bonds is 7. The highest BCUT2D eigenvalue weighted by Gasteiger charge is 2.49. The van der Waals surface area contributed by atoms with Gasteiger partial charge in [-0.3, -0.25) is 14.5 Å². The first-order valence-electron chi connectivity index (χ1n) is 12.0. The van der Waals surface area contributed by atoms with Crippen LogP contribution in [0.25, 0.3) is 16.0 Å². The zero-order valence-corrected chi connectivity index (χ0v) is 21.5. The Balaban J connectivity index is 1.70. The molecule has 188 valence electrons. The first kappa shape index (κ1) is 24.5. The number of carbonyl (C=O) groups excluding carboxylic acids is 2. The molecule has 1 N–H and O–H groups in total. The van der Waals surface area contributed by atoms with E-state index >= 15 is 0 Å². The lowest BCUT2D eigenvalue weighted by Gasteiger charge is -2.24. The number of methoxy groups -OCH3 is 1. The van der Waals surface area contributed by atoms with Gasteiger partial charge in [-0.05, 0) is 61.4 Å². The minimum Gasteiger partial charge on any atom is -0.507 e. The second-order valence-electron chi connectivity index (χ2n) is 8.52. The third kappa shape index (κ3) is 4.34. The molecule has 1 aliphatic rings. The molecule has 37 heavy (non-hydrogen) atoms. The molecule has 1 fully saturated rings. The number of benzene rings is 3. The summed E-state index contributed by atoms with van der Waals surface area (Å²) in [6.45, 7) is 4.46. The number of para-hydroxylation sites is 1. The van der Waals surface area contributed by atoms with Gasteiger partial charge in [0.05, 0.1) is 29.5 Å². The molecule has 4 aromatic rings. The number of aromatic nitrogens is 1. The first-order valence-corrected chi connectivity index (χ1v) is 12.8. The van der Waals surface area contributed by atoms with Crippen molar-refractivity contribution in [3.8, 4) is 11.5 Å². The molecule has 7 nitrogen and oxygen atoms in total. The molecule has 0 radical (unpaired) electrons. The minimum atomic E-state index is -0.922. The van der Waals surface area contributed by atoms with Crippen LogP contribution in [0.3, 0.4) is 0 Å². The Kier molecular flexibility index (Phi) is 6.67. The van der Waals surface area contributed by atoms with E-state index in [9.17, 15) is 14.7 Å². The number of nitrogens with zero attached hydrogens (tertiary/aromatic N) is 2. The second-order valence-corrected chi connectivity index (χ2v) is 9.53. The van der Waals surface area contributed by atoms with E-state index in [1.165, 1.54) is 23.3 Å². The Morgan fingerprint density at radius 1 is 1.05 bits per heavy atom. The first-order chi connectivity index (χ1) is 18.0. The Morgan fingerprint density at radius 3 is 2.51 bits per heavy atom. The maximum atomic E-state index is 13.5. The van der Waals surface area contributed by atoms with E-state index in [0.29, 0.717) is 34.4 Å². The lowest BCUT2D eigenvalue weighted by atomic mass is 9.94. The summed E-state index contributed by atoms with van der Waals surface area (Å²) in [6, 6.07) is 19.0. The van der Waals surface area contributed by atoms with Crippen LogP contribution in [0.5, 0.6) is 11.5 Å². The zero-order valence-electron chi connectivity index (χ0n) is 20.7. The third-order valence-corrected chi connectivity index (χ3v) is 7.39. The van der Waals surface area contributed by atoms with Crippen LogP contribution in [0.4, 0.5) is 5.13 Å². The number of anilines is 1. The number of hydrogen-bond acceptors (Lipinski definition) is 7. The number of ether oxygens (including phenoxy) is 2. The number of aliphatic hydroxyl groups excluding tert-OH is 1. The van der Waals surface area contributed by atoms with Crippen molar-refractivity contribution in [2.24, 2.45) is 0 Å². The molecule has 1 atom stereocenters.